The highest BCUT2D eigenvalue weighted by atomic mass is 32.2. The molecule has 0 aromatic heterocycles. The molecular weight excluding hydrogens is 240 g/mol. The fourth-order valence-corrected chi connectivity index (χ4v) is 2.85. The number of amides is 1. The van der Waals surface area contributed by atoms with E-state index in [1.807, 2.05) is 0 Å². The minimum absolute atomic E-state index is 0.0454. The molecule has 0 aliphatic heterocycles. The first kappa shape index (κ1) is 14.4. The Hall–Kier alpha value is -0.620. The molecule has 0 spiro atoms. The summed E-state index contributed by atoms with van der Waals surface area (Å²) in [4.78, 5) is 11.6. The van der Waals surface area contributed by atoms with E-state index in [0.29, 0.717) is 5.92 Å². The number of carbonyl (C=O) groups is 1. The molecule has 0 saturated heterocycles. The molecule has 5 nitrogen and oxygen atoms in total. The van der Waals surface area contributed by atoms with Gasteiger partial charge >= 0.3 is 0 Å². The molecule has 1 aliphatic rings. The van der Waals surface area contributed by atoms with Crippen molar-refractivity contribution in [3.05, 3.63) is 0 Å². The van der Waals surface area contributed by atoms with E-state index >= 15 is 0 Å². The number of hydrogen-bond donors (Lipinski definition) is 1. The Bertz CT molecular complexity index is 365. The van der Waals surface area contributed by atoms with Gasteiger partial charge in [0.1, 0.15) is 0 Å². The second-order valence-electron chi connectivity index (χ2n) is 4.93. The number of rotatable bonds is 5. The maximum Gasteiger partial charge on any atom is 0.221 e. The highest BCUT2D eigenvalue weighted by Gasteiger charge is 2.25. The van der Waals surface area contributed by atoms with Crippen LogP contribution in [0, 0.1) is 5.92 Å². The lowest BCUT2D eigenvalue weighted by Crippen LogP contribution is -2.38. The van der Waals surface area contributed by atoms with E-state index in [4.69, 9.17) is 0 Å². The molecule has 1 aliphatic carbocycles. The van der Waals surface area contributed by atoms with Crippen molar-refractivity contribution in [2.45, 2.75) is 38.6 Å². The lowest BCUT2D eigenvalue weighted by Gasteiger charge is -2.17. The Balaban J connectivity index is 2.36. The van der Waals surface area contributed by atoms with Gasteiger partial charge in [-0.2, -0.15) is 0 Å². The van der Waals surface area contributed by atoms with Crippen molar-refractivity contribution in [3.63, 3.8) is 0 Å². The van der Waals surface area contributed by atoms with E-state index in [0.717, 1.165) is 23.6 Å². The quantitative estimate of drug-likeness (QED) is 0.788. The SMILES string of the molecule is C[C@@H]1CCC[C@@H]1NC(=O)CCS(=O)(=O)N(C)C. The zero-order valence-corrected chi connectivity index (χ0v) is 11.6. The number of nitrogens with one attached hydrogen (secondary N) is 1. The maximum atomic E-state index is 11.6. The molecule has 1 rings (SSSR count). The van der Waals surface area contributed by atoms with Crippen LogP contribution in [0.15, 0.2) is 0 Å². The minimum Gasteiger partial charge on any atom is -0.353 e. The standard InChI is InChI=1S/C11H22N2O3S/c1-9-5-4-6-10(9)12-11(14)7-8-17(15,16)13(2)3/h9-10H,4-8H2,1-3H3,(H,12,14)/t9-,10+/m1/s1. The third-order valence-corrected chi connectivity index (χ3v) is 5.18. The van der Waals surface area contributed by atoms with Crippen molar-refractivity contribution in [1.82, 2.24) is 9.62 Å². The van der Waals surface area contributed by atoms with Gasteiger partial charge in [-0.05, 0) is 18.8 Å². The number of carbonyl (C=O) groups excluding carboxylic acids is 1. The molecule has 6 heteroatoms. The van der Waals surface area contributed by atoms with E-state index < -0.39 is 10.0 Å². The van der Waals surface area contributed by atoms with Crippen LogP contribution < -0.4 is 5.32 Å². The van der Waals surface area contributed by atoms with Crippen LogP contribution in [0.3, 0.4) is 0 Å². The summed E-state index contributed by atoms with van der Waals surface area (Å²) in [6.07, 6.45) is 3.33. The summed E-state index contributed by atoms with van der Waals surface area (Å²) in [6, 6.07) is 0.226. The first-order valence-corrected chi connectivity index (χ1v) is 7.63. The Morgan fingerprint density at radius 2 is 2.00 bits per heavy atom. The van der Waals surface area contributed by atoms with E-state index in [2.05, 4.69) is 12.2 Å². The van der Waals surface area contributed by atoms with Gasteiger partial charge in [0.2, 0.25) is 15.9 Å². The molecule has 1 saturated carbocycles. The summed E-state index contributed by atoms with van der Waals surface area (Å²) < 4.78 is 24.1. The summed E-state index contributed by atoms with van der Waals surface area (Å²) in [5, 5.41) is 2.92. The lowest BCUT2D eigenvalue weighted by molar-refractivity contribution is -0.121. The van der Waals surface area contributed by atoms with E-state index in [1.54, 1.807) is 0 Å². The van der Waals surface area contributed by atoms with Crippen LogP contribution in [-0.4, -0.2) is 44.5 Å². The summed E-state index contributed by atoms with van der Waals surface area (Å²) in [5.74, 6) is 0.228. The number of sulfonamides is 1. The summed E-state index contributed by atoms with van der Waals surface area (Å²) in [5.41, 5.74) is 0. The molecule has 0 aromatic rings. The Labute approximate surface area is 104 Å². The zero-order chi connectivity index (χ0) is 13.1. The summed E-state index contributed by atoms with van der Waals surface area (Å²) in [7, 11) is -0.311. The fourth-order valence-electron chi connectivity index (χ4n) is 2.04. The van der Waals surface area contributed by atoms with Crippen molar-refractivity contribution in [2.75, 3.05) is 19.8 Å². The second kappa shape index (κ2) is 5.82. The molecule has 0 bridgehead atoms. The summed E-state index contributed by atoms with van der Waals surface area (Å²) >= 11 is 0. The smallest absolute Gasteiger partial charge is 0.221 e. The predicted octanol–water partition coefficient (Wildman–Crippen LogP) is 0.573. The van der Waals surface area contributed by atoms with Crippen molar-refractivity contribution < 1.29 is 13.2 Å². The van der Waals surface area contributed by atoms with Gasteiger partial charge in [0.05, 0.1) is 5.75 Å². The Kier molecular flexibility index (Phi) is 4.94. The largest absolute Gasteiger partial charge is 0.353 e. The van der Waals surface area contributed by atoms with Gasteiger partial charge in [0.15, 0.2) is 0 Å². The van der Waals surface area contributed by atoms with Gasteiger partial charge < -0.3 is 5.32 Å². The molecule has 100 valence electrons. The van der Waals surface area contributed by atoms with Crippen molar-refractivity contribution >= 4 is 15.9 Å². The van der Waals surface area contributed by atoms with Crippen LogP contribution in [0.25, 0.3) is 0 Å². The molecule has 2 atom stereocenters. The minimum atomic E-state index is -3.27. The van der Waals surface area contributed by atoms with Crippen LogP contribution in [-0.2, 0) is 14.8 Å². The highest BCUT2D eigenvalue weighted by molar-refractivity contribution is 7.89. The maximum absolute atomic E-state index is 11.6. The third-order valence-electron chi connectivity index (χ3n) is 3.35. The molecule has 1 amide bonds. The van der Waals surface area contributed by atoms with Crippen LogP contribution in [0.2, 0.25) is 0 Å². The molecular formula is C11H22N2O3S. The molecule has 0 radical (unpaired) electrons. The first-order chi connectivity index (χ1) is 7.83. The van der Waals surface area contributed by atoms with Crippen LogP contribution in [0.1, 0.15) is 32.6 Å². The number of hydrogen-bond acceptors (Lipinski definition) is 3. The molecule has 17 heavy (non-hydrogen) atoms. The molecule has 0 unspecified atom stereocenters. The lowest BCUT2D eigenvalue weighted by atomic mass is 10.1. The van der Waals surface area contributed by atoms with Gasteiger partial charge in [-0.1, -0.05) is 13.3 Å². The van der Waals surface area contributed by atoms with E-state index in [1.165, 1.54) is 14.1 Å². The first-order valence-electron chi connectivity index (χ1n) is 6.02. The highest BCUT2D eigenvalue weighted by Crippen LogP contribution is 2.24. The molecule has 0 heterocycles. The molecule has 1 fully saturated rings. The zero-order valence-electron chi connectivity index (χ0n) is 10.8. The topological polar surface area (TPSA) is 66.5 Å². The van der Waals surface area contributed by atoms with E-state index in [9.17, 15) is 13.2 Å². The van der Waals surface area contributed by atoms with Crippen molar-refractivity contribution in [2.24, 2.45) is 5.92 Å². The van der Waals surface area contributed by atoms with Crippen molar-refractivity contribution in [1.29, 1.82) is 0 Å². The van der Waals surface area contributed by atoms with Gasteiger partial charge in [-0.3, -0.25) is 4.79 Å². The van der Waals surface area contributed by atoms with Gasteiger partial charge in [-0.25, -0.2) is 12.7 Å². The molecule has 1 N–H and O–H groups in total. The number of nitrogens with zero attached hydrogens (tertiary/aromatic N) is 1. The third kappa shape index (κ3) is 4.27. The fraction of sp³-hybridized carbons (Fsp3) is 0.909. The molecule has 0 aromatic carbocycles. The summed E-state index contributed by atoms with van der Waals surface area (Å²) in [6.45, 7) is 2.12. The van der Waals surface area contributed by atoms with Gasteiger partial charge in [-0.15, -0.1) is 0 Å². The second-order valence-corrected chi connectivity index (χ2v) is 7.23. The Morgan fingerprint density at radius 1 is 1.35 bits per heavy atom. The van der Waals surface area contributed by atoms with Gasteiger partial charge in [0, 0.05) is 26.6 Å². The average molecular weight is 262 g/mol. The normalized spacial score (nSPS) is 25.2. The average Bonchev–Trinajstić information content (AvgIpc) is 2.61. The van der Waals surface area contributed by atoms with Crippen molar-refractivity contribution in [3.8, 4) is 0 Å². The van der Waals surface area contributed by atoms with Crippen LogP contribution in [0.4, 0.5) is 0 Å². The van der Waals surface area contributed by atoms with Crippen LogP contribution in [0.5, 0.6) is 0 Å². The van der Waals surface area contributed by atoms with Gasteiger partial charge in [0.25, 0.3) is 0 Å². The Morgan fingerprint density at radius 3 is 2.47 bits per heavy atom. The predicted molar refractivity (Wildman–Crippen MR) is 67.0 cm³/mol. The van der Waals surface area contributed by atoms with E-state index in [-0.39, 0.29) is 24.1 Å². The van der Waals surface area contributed by atoms with Crippen LogP contribution >= 0.6 is 0 Å². The monoisotopic (exact) mass is 262 g/mol.